The van der Waals surface area contributed by atoms with Crippen molar-refractivity contribution in [2.45, 2.75) is 19.3 Å². The summed E-state index contributed by atoms with van der Waals surface area (Å²) in [6.07, 6.45) is 0. The van der Waals surface area contributed by atoms with Crippen LogP contribution in [0.25, 0.3) is 98.7 Å². The predicted octanol–water partition coefficient (Wildman–Crippen LogP) is 13.6. The fraction of sp³-hybridized carbons (Fsp3) is 0.0612. The van der Waals surface area contributed by atoms with Gasteiger partial charge in [-0.15, -0.1) is 0 Å². The van der Waals surface area contributed by atoms with Crippen LogP contribution in [0, 0.1) is 0 Å². The molecule has 0 saturated heterocycles. The highest BCUT2D eigenvalue weighted by atomic mass is 14.4. The van der Waals surface area contributed by atoms with Gasteiger partial charge in [0.2, 0.25) is 0 Å². The molecule has 0 saturated carbocycles. The van der Waals surface area contributed by atoms with E-state index in [0.29, 0.717) is 0 Å². The van der Waals surface area contributed by atoms with Crippen molar-refractivity contribution in [3.63, 3.8) is 0 Å². The second-order valence-corrected chi connectivity index (χ2v) is 14.4. The summed E-state index contributed by atoms with van der Waals surface area (Å²) in [6, 6.07) is 59.2. The summed E-state index contributed by atoms with van der Waals surface area (Å²) < 4.78 is 0. The molecule has 0 bridgehead atoms. The Morgan fingerprint density at radius 1 is 0.347 bits per heavy atom. The Balaban J connectivity index is 1.12. The number of fused-ring (bicyclic) bond motifs is 13. The third-order valence-electron chi connectivity index (χ3n) is 11.6. The van der Waals surface area contributed by atoms with E-state index in [1.165, 1.54) is 110 Å². The van der Waals surface area contributed by atoms with Gasteiger partial charge in [-0.2, -0.15) is 0 Å². The third-order valence-corrected chi connectivity index (χ3v) is 11.6. The summed E-state index contributed by atoms with van der Waals surface area (Å²) in [7, 11) is 0. The molecule has 0 aromatic heterocycles. The van der Waals surface area contributed by atoms with Crippen molar-refractivity contribution in [3.8, 4) is 55.6 Å². The van der Waals surface area contributed by atoms with Crippen LogP contribution < -0.4 is 0 Å². The molecule has 9 aromatic carbocycles. The van der Waals surface area contributed by atoms with Crippen LogP contribution in [0.4, 0.5) is 0 Å². The van der Waals surface area contributed by atoms with Gasteiger partial charge in [-0.3, -0.25) is 0 Å². The molecule has 0 unspecified atom stereocenters. The first kappa shape index (κ1) is 27.0. The van der Waals surface area contributed by atoms with Gasteiger partial charge in [0.15, 0.2) is 0 Å². The number of hydrogen-bond donors (Lipinski definition) is 0. The van der Waals surface area contributed by atoms with E-state index in [-0.39, 0.29) is 5.41 Å². The van der Waals surface area contributed by atoms with Gasteiger partial charge in [0.1, 0.15) is 0 Å². The average Bonchev–Trinajstić information content (AvgIpc) is 3.61. The molecule has 2 aliphatic rings. The molecule has 0 atom stereocenters. The summed E-state index contributed by atoms with van der Waals surface area (Å²) >= 11 is 0. The Kier molecular flexibility index (Phi) is 5.27. The van der Waals surface area contributed by atoms with E-state index in [1.807, 2.05) is 0 Å². The van der Waals surface area contributed by atoms with Crippen LogP contribution in [-0.2, 0) is 5.41 Å². The minimum Gasteiger partial charge on any atom is -0.0616 e. The van der Waals surface area contributed by atoms with E-state index in [9.17, 15) is 0 Å². The summed E-state index contributed by atoms with van der Waals surface area (Å²) in [5.74, 6) is 0. The summed E-state index contributed by atoms with van der Waals surface area (Å²) in [6.45, 7) is 4.82. The van der Waals surface area contributed by atoms with Crippen molar-refractivity contribution in [2.24, 2.45) is 0 Å². The minimum atomic E-state index is -0.117. The zero-order valence-corrected chi connectivity index (χ0v) is 27.5. The average molecular weight is 621 g/mol. The molecule has 0 amide bonds. The van der Waals surface area contributed by atoms with Crippen LogP contribution in [0.5, 0.6) is 0 Å². The number of benzene rings is 9. The minimum absolute atomic E-state index is 0.117. The lowest BCUT2D eigenvalue weighted by molar-refractivity contribution is 0.667. The zero-order valence-electron chi connectivity index (χ0n) is 27.5. The van der Waals surface area contributed by atoms with Gasteiger partial charge in [-0.05, 0) is 122 Å². The molecule has 9 aromatic rings. The fourth-order valence-electron chi connectivity index (χ4n) is 9.40. The van der Waals surface area contributed by atoms with E-state index in [0.717, 1.165) is 0 Å². The van der Waals surface area contributed by atoms with Gasteiger partial charge in [0.25, 0.3) is 0 Å². The Morgan fingerprint density at radius 2 is 0.980 bits per heavy atom. The first-order chi connectivity index (χ1) is 24.1. The van der Waals surface area contributed by atoms with Gasteiger partial charge < -0.3 is 0 Å². The zero-order chi connectivity index (χ0) is 32.4. The van der Waals surface area contributed by atoms with Crippen LogP contribution in [0.2, 0.25) is 0 Å². The van der Waals surface area contributed by atoms with Gasteiger partial charge >= 0.3 is 0 Å². The van der Waals surface area contributed by atoms with Crippen molar-refractivity contribution >= 4 is 43.1 Å². The molecule has 0 heterocycles. The first-order valence-electron chi connectivity index (χ1n) is 17.4. The highest BCUT2D eigenvalue weighted by Crippen LogP contribution is 2.57. The second kappa shape index (κ2) is 9.56. The van der Waals surface area contributed by atoms with Gasteiger partial charge in [-0.25, -0.2) is 0 Å². The van der Waals surface area contributed by atoms with Gasteiger partial charge in [0.05, 0.1) is 0 Å². The van der Waals surface area contributed by atoms with Crippen LogP contribution in [0.15, 0.2) is 158 Å². The van der Waals surface area contributed by atoms with Crippen molar-refractivity contribution in [2.75, 3.05) is 0 Å². The maximum atomic E-state index is 2.44. The van der Waals surface area contributed by atoms with Crippen LogP contribution in [0.3, 0.4) is 0 Å². The van der Waals surface area contributed by atoms with E-state index >= 15 is 0 Å². The SMILES string of the molecule is CC1(C)c2ccc3ccccc3c2-c2c1c1ccc(-c3cccc(-c4ccc5c6c(cccc46)-c4ccccc4-5)c3)cc1c1ccccc21. The van der Waals surface area contributed by atoms with Crippen molar-refractivity contribution < 1.29 is 0 Å². The Bertz CT molecular complexity index is 2870. The Morgan fingerprint density at radius 3 is 1.84 bits per heavy atom. The molecule has 0 aliphatic heterocycles. The van der Waals surface area contributed by atoms with E-state index < -0.39 is 0 Å². The van der Waals surface area contributed by atoms with E-state index in [2.05, 4.69) is 172 Å². The maximum absolute atomic E-state index is 2.44. The van der Waals surface area contributed by atoms with E-state index in [1.54, 1.807) is 0 Å². The lowest BCUT2D eigenvalue weighted by Gasteiger charge is -2.24. The highest BCUT2D eigenvalue weighted by molar-refractivity contribution is 6.22. The molecule has 0 nitrogen and oxygen atoms in total. The van der Waals surface area contributed by atoms with Gasteiger partial charge in [0, 0.05) is 5.41 Å². The highest BCUT2D eigenvalue weighted by Gasteiger charge is 2.39. The van der Waals surface area contributed by atoms with Crippen molar-refractivity contribution in [3.05, 3.63) is 169 Å². The molecule has 0 radical (unpaired) electrons. The van der Waals surface area contributed by atoms with Gasteiger partial charge in [-0.1, -0.05) is 159 Å². The monoisotopic (exact) mass is 620 g/mol. The number of hydrogen-bond acceptors (Lipinski definition) is 0. The van der Waals surface area contributed by atoms with Crippen LogP contribution in [-0.4, -0.2) is 0 Å². The molecule has 0 N–H and O–H groups in total. The predicted molar refractivity (Wildman–Crippen MR) is 209 cm³/mol. The number of rotatable bonds is 2. The summed E-state index contributed by atoms with van der Waals surface area (Å²) in [5.41, 5.74) is 15.9. The second-order valence-electron chi connectivity index (χ2n) is 14.4. The molecule has 2 aliphatic carbocycles. The molecular formula is C49H32. The Hall–Kier alpha value is -5.98. The molecule has 0 heteroatoms. The Labute approximate surface area is 285 Å². The smallest absolute Gasteiger partial charge is 0.0165 e. The molecule has 228 valence electrons. The largest absolute Gasteiger partial charge is 0.0616 e. The quantitative estimate of drug-likeness (QED) is 0.169. The molecule has 49 heavy (non-hydrogen) atoms. The van der Waals surface area contributed by atoms with Crippen molar-refractivity contribution in [1.29, 1.82) is 0 Å². The lowest BCUT2D eigenvalue weighted by Crippen LogP contribution is -2.15. The summed E-state index contributed by atoms with van der Waals surface area (Å²) in [5, 5.41) is 10.7. The maximum Gasteiger partial charge on any atom is 0.0165 e. The van der Waals surface area contributed by atoms with Crippen LogP contribution in [0.1, 0.15) is 25.0 Å². The molecule has 0 fully saturated rings. The topological polar surface area (TPSA) is 0 Å². The normalized spacial score (nSPS) is 13.7. The van der Waals surface area contributed by atoms with Crippen LogP contribution >= 0.6 is 0 Å². The molecule has 11 rings (SSSR count). The lowest BCUT2D eigenvalue weighted by atomic mass is 9.79. The molecular weight excluding hydrogens is 589 g/mol. The summed E-state index contributed by atoms with van der Waals surface area (Å²) in [4.78, 5) is 0. The fourth-order valence-corrected chi connectivity index (χ4v) is 9.40. The first-order valence-corrected chi connectivity index (χ1v) is 17.4. The third kappa shape index (κ3) is 3.53. The van der Waals surface area contributed by atoms with E-state index in [4.69, 9.17) is 0 Å². The van der Waals surface area contributed by atoms with Crippen molar-refractivity contribution in [1.82, 2.24) is 0 Å². The standard InChI is InChI=1S/C49H32/c1-49(2)44-26-22-29-11-3-4-14-34(29)46(44)47-40-18-8-7-17-37(40)43-28-31(21-23-42(43)48(47)49)30-12-9-13-32(27-30)33-24-25-41-36-16-6-5-15-35(36)39-20-10-19-38(33)45(39)41/h3-28H,1-2H3. The molecule has 0 spiro atoms.